The van der Waals surface area contributed by atoms with Gasteiger partial charge in [0.05, 0.1) is 0 Å². The van der Waals surface area contributed by atoms with Crippen LogP contribution in [0.3, 0.4) is 0 Å². The molecule has 0 saturated carbocycles. The summed E-state index contributed by atoms with van der Waals surface area (Å²) in [6.45, 7) is 2.29. The Morgan fingerprint density at radius 2 is 2.07 bits per heavy atom. The van der Waals surface area contributed by atoms with E-state index in [9.17, 15) is 4.79 Å². The summed E-state index contributed by atoms with van der Waals surface area (Å²) in [5, 5.41) is 0. The van der Waals surface area contributed by atoms with Gasteiger partial charge in [0.25, 0.3) is 0 Å². The number of hydrogen-bond donors (Lipinski definition) is 0. The summed E-state index contributed by atoms with van der Waals surface area (Å²) in [6.07, 6.45) is 5.07. The predicted octanol–water partition coefficient (Wildman–Crippen LogP) is 2.15. The molecule has 0 unspecified atom stereocenters. The molecule has 1 amide bonds. The van der Waals surface area contributed by atoms with Crippen molar-refractivity contribution in [1.82, 2.24) is 0 Å². The van der Waals surface area contributed by atoms with Gasteiger partial charge in [0.2, 0.25) is 5.91 Å². The summed E-state index contributed by atoms with van der Waals surface area (Å²) in [4.78, 5) is 13.2. The number of carbonyl (C=O) groups excluding carboxylic acids is 1. The van der Waals surface area contributed by atoms with Gasteiger partial charge in [0, 0.05) is 19.2 Å². The molecule has 0 N–H and O–H groups in total. The monoisotopic (exact) mass is 187 g/mol. The average Bonchev–Trinajstić information content (AvgIpc) is 2.39. The van der Waals surface area contributed by atoms with Crippen LogP contribution in [0.2, 0.25) is 0 Å². The highest BCUT2D eigenvalue weighted by atomic mass is 16.2. The molecule has 0 radical (unpaired) electrons. The molecule has 0 spiro atoms. The van der Waals surface area contributed by atoms with Gasteiger partial charge in [-0.05, 0) is 18.1 Å². The van der Waals surface area contributed by atoms with Gasteiger partial charge in [-0.15, -0.1) is 0 Å². The van der Waals surface area contributed by atoms with Crippen LogP contribution in [-0.4, -0.2) is 12.5 Å². The lowest BCUT2D eigenvalue weighted by molar-refractivity contribution is -0.116. The van der Waals surface area contributed by atoms with Crippen LogP contribution in [-0.2, 0) is 11.2 Å². The third kappa shape index (κ3) is 1.55. The second kappa shape index (κ2) is 3.66. The van der Waals surface area contributed by atoms with E-state index in [0.717, 1.165) is 12.1 Å². The van der Waals surface area contributed by atoms with Crippen LogP contribution in [0.15, 0.2) is 36.4 Å². The molecule has 1 aromatic carbocycles. The number of fused-ring (bicyclic) bond motifs is 1. The highest BCUT2D eigenvalue weighted by Gasteiger charge is 2.14. The quantitative estimate of drug-likeness (QED) is 0.570. The van der Waals surface area contributed by atoms with Crippen molar-refractivity contribution in [2.45, 2.75) is 13.3 Å². The molecule has 0 saturated heterocycles. The molecule has 2 heteroatoms. The van der Waals surface area contributed by atoms with Crippen molar-refractivity contribution in [3.05, 3.63) is 42.0 Å². The Kier molecular flexibility index (Phi) is 2.35. The molecule has 1 heterocycles. The van der Waals surface area contributed by atoms with Crippen LogP contribution >= 0.6 is 0 Å². The molecule has 0 fully saturated rings. The van der Waals surface area contributed by atoms with Gasteiger partial charge in [-0.3, -0.25) is 4.79 Å². The second-order valence-electron chi connectivity index (χ2n) is 3.43. The van der Waals surface area contributed by atoms with E-state index in [2.05, 4.69) is 12.1 Å². The molecule has 0 atom stereocenters. The van der Waals surface area contributed by atoms with Crippen molar-refractivity contribution < 1.29 is 4.79 Å². The van der Waals surface area contributed by atoms with E-state index in [-0.39, 0.29) is 5.91 Å². The Hall–Kier alpha value is -1.57. The van der Waals surface area contributed by atoms with Crippen molar-refractivity contribution >= 4 is 11.6 Å². The Morgan fingerprint density at radius 3 is 2.86 bits per heavy atom. The first-order valence-electron chi connectivity index (χ1n) is 4.80. The highest BCUT2D eigenvalue weighted by Crippen LogP contribution is 2.23. The molecule has 2 nitrogen and oxygen atoms in total. The molecule has 0 aromatic heterocycles. The predicted molar refractivity (Wildman–Crippen MR) is 57.3 cm³/mol. The van der Waals surface area contributed by atoms with Crippen molar-refractivity contribution in [2.24, 2.45) is 0 Å². The molecule has 1 aliphatic rings. The van der Waals surface area contributed by atoms with E-state index < -0.39 is 0 Å². The van der Waals surface area contributed by atoms with Gasteiger partial charge in [-0.1, -0.05) is 30.4 Å². The van der Waals surface area contributed by atoms with E-state index >= 15 is 0 Å². The number of nitrogens with zero attached hydrogens (tertiary/aromatic N) is 1. The minimum Gasteiger partial charge on any atom is -0.309 e. The molecular formula is C12H13NO. The van der Waals surface area contributed by atoms with Crippen LogP contribution < -0.4 is 4.90 Å². The Labute approximate surface area is 83.8 Å². The molecule has 2 rings (SSSR count). The maximum absolute atomic E-state index is 11.4. The standard InChI is InChI=1S/C12H13NO/c1-10(14)13-9-5-4-7-11-6-2-3-8-12(11)13/h2-6,8H,7,9H2,1H3. The van der Waals surface area contributed by atoms with Gasteiger partial charge in [0.15, 0.2) is 0 Å². The summed E-state index contributed by atoms with van der Waals surface area (Å²) < 4.78 is 0. The molecule has 0 aliphatic carbocycles. The molecule has 0 bridgehead atoms. The van der Waals surface area contributed by atoms with Gasteiger partial charge < -0.3 is 4.90 Å². The van der Waals surface area contributed by atoms with Crippen molar-refractivity contribution in [1.29, 1.82) is 0 Å². The summed E-state index contributed by atoms with van der Waals surface area (Å²) in [5.74, 6) is 0.101. The minimum atomic E-state index is 0.101. The van der Waals surface area contributed by atoms with Gasteiger partial charge in [-0.25, -0.2) is 0 Å². The SMILES string of the molecule is CC(=O)N1CC=CCc2ccccc21. The van der Waals surface area contributed by atoms with Gasteiger partial charge >= 0.3 is 0 Å². The number of para-hydroxylation sites is 1. The largest absolute Gasteiger partial charge is 0.309 e. The smallest absolute Gasteiger partial charge is 0.224 e. The van der Waals surface area contributed by atoms with Crippen LogP contribution in [0.4, 0.5) is 5.69 Å². The zero-order valence-electron chi connectivity index (χ0n) is 8.23. The van der Waals surface area contributed by atoms with Crippen molar-refractivity contribution in [2.75, 3.05) is 11.4 Å². The Morgan fingerprint density at radius 1 is 1.29 bits per heavy atom. The van der Waals surface area contributed by atoms with Crippen LogP contribution in [0.25, 0.3) is 0 Å². The van der Waals surface area contributed by atoms with Gasteiger partial charge in [0.1, 0.15) is 0 Å². The summed E-state index contributed by atoms with van der Waals surface area (Å²) in [6, 6.07) is 8.06. The topological polar surface area (TPSA) is 20.3 Å². The van der Waals surface area contributed by atoms with E-state index in [0.29, 0.717) is 6.54 Å². The molecule has 72 valence electrons. The Bertz CT molecular complexity index is 382. The maximum atomic E-state index is 11.4. The number of allylic oxidation sites excluding steroid dienone is 1. The average molecular weight is 187 g/mol. The first kappa shape index (κ1) is 9.00. The maximum Gasteiger partial charge on any atom is 0.224 e. The lowest BCUT2D eigenvalue weighted by Crippen LogP contribution is -2.28. The zero-order chi connectivity index (χ0) is 9.97. The normalized spacial score (nSPS) is 14.8. The fourth-order valence-corrected chi connectivity index (χ4v) is 1.73. The van der Waals surface area contributed by atoms with Crippen LogP contribution in [0, 0.1) is 0 Å². The third-order valence-corrected chi connectivity index (χ3v) is 2.45. The zero-order valence-corrected chi connectivity index (χ0v) is 8.23. The number of carbonyl (C=O) groups is 1. The highest BCUT2D eigenvalue weighted by molar-refractivity contribution is 5.92. The van der Waals surface area contributed by atoms with E-state index in [1.165, 1.54) is 5.56 Å². The lowest BCUT2D eigenvalue weighted by atomic mass is 10.1. The third-order valence-electron chi connectivity index (χ3n) is 2.45. The first-order valence-corrected chi connectivity index (χ1v) is 4.80. The minimum absolute atomic E-state index is 0.101. The van der Waals surface area contributed by atoms with E-state index in [4.69, 9.17) is 0 Å². The summed E-state index contributed by atoms with van der Waals surface area (Å²) in [7, 11) is 0. The molecule has 14 heavy (non-hydrogen) atoms. The number of amides is 1. The van der Waals surface area contributed by atoms with Crippen molar-refractivity contribution in [3.63, 3.8) is 0 Å². The fraction of sp³-hybridized carbons (Fsp3) is 0.250. The van der Waals surface area contributed by atoms with Crippen molar-refractivity contribution in [3.8, 4) is 0 Å². The molecular weight excluding hydrogens is 174 g/mol. The number of anilines is 1. The molecule has 1 aliphatic heterocycles. The summed E-state index contributed by atoms with van der Waals surface area (Å²) in [5.41, 5.74) is 2.27. The van der Waals surface area contributed by atoms with Gasteiger partial charge in [-0.2, -0.15) is 0 Å². The van der Waals surface area contributed by atoms with E-state index in [1.54, 1.807) is 11.8 Å². The fourth-order valence-electron chi connectivity index (χ4n) is 1.73. The Balaban J connectivity index is 2.47. The second-order valence-corrected chi connectivity index (χ2v) is 3.43. The first-order chi connectivity index (χ1) is 6.79. The number of benzene rings is 1. The molecule has 1 aromatic rings. The van der Waals surface area contributed by atoms with Crippen LogP contribution in [0.1, 0.15) is 12.5 Å². The summed E-state index contributed by atoms with van der Waals surface area (Å²) >= 11 is 0. The number of hydrogen-bond acceptors (Lipinski definition) is 1. The number of rotatable bonds is 0. The van der Waals surface area contributed by atoms with Crippen LogP contribution in [0.5, 0.6) is 0 Å². The lowest BCUT2D eigenvalue weighted by Gasteiger charge is -2.20. The van der Waals surface area contributed by atoms with E-state index in [1.807, 2.05) is 24.3 Å².